The van der Waals surface area contributed by atoms with Crippen molar-refractivity contribution in [2.24, 2.45) is 17.8 Å². The number of hydrogen-bond acceptors (Lipinski definition) is 3. The van der Waals surface area contributed by atoms with Crippen LogP contribution in [0.15, 0.2) is 54.1 Å². The number of aliphatic hydroxyl groups is 2. The first-order chi connectivity index (χ1) is 13.5. The molecule has 3 heteroatoms. The van der Waals surface area contributed by atoms with E-state index in [0.717, 1.165) is 18.4 Å². The molecule has 1 aromatic carbocycles. The van der Waals surface area contributed by atoms with Crippen LogP contribution in [0.25, 0.3) is 0 Å². The zero-order chi connectivity index (χ0) is 19.9. The smallest absolute Gasteiger partial charge is 0.0761 e. The van der Waals surface area contributed by atoms with Crippen LogP contribution in [0.2, 0.25) is 0 Å². The molecule has 0 heterocycles. The molecule has 0 bridgehead atoms. The Morgan fingerprint density at radius 1 is 1.14 bits per heavy atom. The lowest BCUT2D eigenvalue weighted by Gasteiger charge is -2.19. The Morgan fingerprint density at radius 3 is 2.68 bits per heavy atom. The number of hydrogen-bond donors (Lipinski definition) is 2. The normalized spacial score (nSPS) is 28.1. The summed E-state index contributed by atoms with van der Waals surface area (Å²) >= 11 is 0. The van der Waals surface area contributed by atoms with E-state index in [1.54, 1.807) is 5.57 Å². The van der Waals surface area contributed by atoms with E-state index in [4.69, 9.17) is 0 Å². The molecule has 5 atom stereocenters. The number of benzene rings is 1. The first-order valence-electron chi connectivity index (χ1n) is 11.0. The van der Waals surface area contributed by atoms with Crippen molar-refractivity contribution in [1.82, 2.24) is 4.90 Å². The highest BCUT2D eigenvalue weighted by Gasteiger charge is 2.43. The topological polar surface area (TPSA) is 43.7 Å². The summed E-state index contributed by atoms with van der Waals surface area (Å²) in [4.78, 5) is 2.25. The van der Waals surface area contributed by atoms with Crippen LogP contribution >= 0.6 is 0 Å². The van der Waals surface area contributed by atoms with Gasteiger partial charge in [0.1, 0.15) is 0 Å². The fourth-order valence-electron chi connectivity index (χ4n) is 4.93. The van der Waals surface area contributed by atoms with Gasteiger partial charge in [0.05, 0.1) is 12.2 Å². The van der Waals surface area contributed by atoms with Gasteiger partial charge in [-0.1, -0.05) is 60.6 Å². The zero-order valence-corrected chi connectivity index (χ0v) is 17.5. The van der Waals surface area contributed by atoms with Gasteiger partial charge in [-0.3, -0.25) is 0 Å². The lowest BCUT2D eigenvalue weighted by Crippen LogP contribution is -2.18. The number of unbranched alkanes of at least 4 members (excludes halogenated alkanes) is 2. The molecule has 3 nitrogen and oxygen atoms in total. The van der Waals surface area contributed by atoms with Crippen molar-refractivity contribution in [3.05, 3.63) is 59.7 Å². The summed E-state index contributed by atoms with van der Waals surface area (Å²) < 4.78 is 0. The van der Waals surface area contributed by atoms with Gasteiger partial charge in [0.15, 0.2) is 0 Å². The molecule has 2 aliphatic carbocycles. The molecular formula is C25H37NO2. The van der Waals surface area contributed by atoms with Gasteiger partial charge >= 0.3 is 0 Å². The van der Waals surface area contributed by atoms with Crippen LogP contribution < -0.4 is 0 Å². The van der Waals surface area contributed by atoms with E-state index >= 15 is 0 Å². The van der Waals surface area contributed by atoms with E-state index in [-0.39, 0.29) is 12.0 Å². The molecule has 154 valence electrons. The molecule has 0 saturated heterocycles. The maximum absolute atomic E-state index is 10.5. The molecule has 0 aromatic heterocycles. The second kappa shape index (κ2) is 10.4. The summed E-state index contributed by atoms with van der Waals surface area (Å²) in [6.45, 7) is 1.18. The van der Waals surface area contributed by atoms with E-state index in [9.17, 15) is 10.2 Å². The van der Waals surface area contributed by atoms with Gasteiger partial charge in [-0.15, -0.1) is 0 Å². The Hall–Kier alpha value is -1.42. The Morgan fingerprint density at radius 2 is 1.93 bits per heavy atom. The minimum absolute atomic E-state index is 0.179. The van der Waals surface area contributed by atoms with Crippen molar-refractivity contribution in [3.63, 3.8) is 0 Å². The predicted molar refractivity (Wildman–Crippen MR) is 116 cm³/mol. The summed E-state index contributed by atoms with van der Waals surface area (Å²) in [6.07, 6.45) is 13.4. The Labute approximate surface area is 170 Å². The second-order valence-corrected chi connectivity index (χ2v) is 8.99. The average molecular weight is 384 g/mol. The molecule has 1 aromatic rings. The van der Waals surface area contributed by atoms with Crippen LogP contribution in [0, 0.1) is 17.8 Å². The molecule has 28 heavy (non-hydrogen) atoms. The molecule has 2 N–H and O–H groups in total. The summed E-state index contributed by atoms with van der Waals surface area (Å²) in [6, 6.07) is 10.1. The van der Waals surface area contributed by atoms with E-state index in [2.05, 4.69) is 31.1 Å². The molecular weight excluding hydrogens is 346 g/mol. The van der Waals surface area contributed by atoms with Crippen molar-refractivity contribution in [1.29, 1.82) is 0 Å². The molecule has 0 spiro atoms. The van der Waals surface area contributed by atoms with Crippen LogP contribution in [-0.2, 0) is 6.42 Å². The SMILES string of the molecule is CN(C)CCCCCC1=C[C@H]2C[C@@H](O)[C@H](/C=C/[C@H](O)Cc3ccccc3)[C@H]2C1. The molecule has 0 unspecified atom stereocenters. The fraction of sp³-hybridized carbons (Fsp3) is 0.600. The van der Waals surface area contributed by atoms with Crippen molar-refractivity contribution in [3.8, 4) is 0 Å². The summed E-state index contributed by atoms with van der Waals surface area (Å²) in [7, 11) is 4.27. The first-order valence-corrected chi connectivity index (χ1v) is 11.0. The molecule has 3 rings (SSSR count). The fourth-order valence-corrected chi connectivity index (χ4v) is 4.93. The van der Waals surface area contributed by atoms with E-state index in [0.29, 0.717) is 18.3 Å². The molecule has 0 aliphatic heterocycles. The van der Waals surface area contributed by atoms with Gasteiger partial charge in [0.25, 0.3) is 0 Å². The highest BCUT2D eigenvalue weighted by Crippen LogP contribution is 2.48. The lowest BCUT2D eigenvalue weighted by molar-refractivity contribution is 0.140. The summed E-state index contributed by atoms with van der Waals surface area (Å²) in [5.74, 6) is 1.22. The Kier molecular flexibility index (Phi) is 7.90. The quantitative estimate of drug-likeness (QED) is 0.470. The van der Waals surface area contributed by atoms with Crippen molar-refractivity contribution in [2.45, 2.75) is 57.2 Å². The second-order valence-electron chi connectivity index (χ2n) is 8.99. The number of rotatable bonds is 10. The maximum Gasteiger partial charge on any atom is 0.0761 e. The highest BCUT2D eigenvalue weighted by atomic mass is 16.3. The van der Waals surface area contributed by atoms with Gasteiger partial charge in [-0.25, -0.2) is 0 Å². The van der Waals surface area contributed by atoms with Crippen LogP contribution in [0.5, 0.6) is 0 Å². The van der Waals surface area contributed by atoms with Crippen LogP contribution in [0.4, 0.5) is 0 Å². The van der Waals surface area contributed by atoms with Gasteiger partial charge in [0, 0.05) is 12.3 Å². The monoisotopic (exact) mass is 383 g/mol. The third kappa shape index (κ3) is 6.04. The van der Waals surface area contributed by atoms with E-state index in [1.165, 1.54) is 32.2 Å². The predicted octanol–water partition coefficient (Wildman–Crippen LogP) is 4.21. The number of nitrogens with zero attached hydrogens (tertiary/aromatic N) is 1. The molecule has 2 aliphatic rings. The zero-order valence-electron chi connectivity index (χ0n) is 17.5. The van der Waals surface area contributed by atoms with Crippen molar-refractivity contribution in [2.75, 3.05) is 20.6 Å². The molecule has 1 saturated carbocycles. The lowest BCUT2D eigenvalue weighted by atomic mass is 9.88. The number of aliphatic hydroxyl groups excluding tert-OH is 2. The van der Waals surface area contributed by atoms with E-state index < -0.39 is 6.10 Å². The van der Waals surface area contributed by atoms with Crippen molar-refractivity contribution < 1.29 is 10.2 Å². The van der Waals surface area contributed by atoms with Crippen LogP contribution in [0.3, 0.4) is 0 Å². The first kappa shape index (κ1) is 21.3. The number of allylic oxidation sites excluding steroid dienone is 2. The summed E-state index contributed by atoms with van der Waals surface area (Å²) in [5, 5.41) is 20.9. The Balaban J connectivity index is 1.46. The Bertz CT molecular complexity index is 652. The van der Waals surface area contributed by atoms with Gasteiger partial charge in [0.2, 0.25) is 0 Å². The maximum atomic E-state index is 10.5. The average Bonchev–Trinajstić information content (AvgIpc) is 3.16. The standard InChI is InChI=1S/C25H37NO2/c1-26(2)14-8-4-7-11-20-15-21-18-25(28)23(24(21)17-20)13-12-22(27)16-19-9-5-3-6-10-19/h3,5-6,9-10,12-13,15,21-25,27-28H,4,7-8,11,14,16-18H2,1-2H3/b13-12+/t21-,22-,23+,24-,25+/m0/s1. The molecule has 1 fully saturated rings. The third-order valence-electron chi connectivity index (χ3n) is 6.40. The largest absolute Gasteiger partial charge is 0.392 e. The molecule has 0 radical (unpaired) electrons. The van der Waals surface area contributed by atoms with Crippen molar-refractivity contribution >= 4 is 0 Å². The minimum Gasteiger partial charge on any atom is -0.392 e. The molecule has 0 amide bonds. The minimum atomic E-state index is -0.487. The van der Waals surface area contributed by atoms with Crippen LogP contribution in [0.1, 0.15) is 44.1 Å². The van der Waals surface area contributed by atoms with Gasteiger partial charge < -0.3 is 15.1 Å². The van der Waals surface area contributed by atoms with E-state index in [1.807, 2.05) is 36.4 Å². The van der Waals surface area contributed by atoms with Gasteiger partial charge in [-0.05, 0) is 70.1 Å². The van der Waals surface area contributed by atoms with Gasteiger partial charge in [-0.2, -0.15) is 0 Å². The van der Waals surface area contributed by atoms with Crippen LogP contribution in [-0.4, -0.2) is 48.0 Å². The number of fused-ring (bicyclic) bond motifs is 1. The summed E-state index contributed by atoms with van der Waals surface area (Å²) in [5.41, 5.74) is 2.73. The third-order valence-corrected chi connectivity index (χ3v) is 6.40. The highest BCUT2D eigenvalue weighted by molar-refractivity contribution is 5.21.